The Morgan fingerprint density at radius 3 is 2.61 bits per heavy atom. The summed E-state index contributed by atoms with van der Waals surface area (Å²) in [5.74, 6) is 0.175. The van der Waals surface area contributed by atoms with Crippen molar-refractivity contribution in [3.8, 4) is 0 Å². The van der Waals surface area contributed by atoms with Gasteiger partial charge in [-0.1, -0.05) is 41.0 Å². The average Bonchev–Trinajstić information content (AvgIpc) is 3.17. The largest absolute Gasteiger partial charge is 0.342 e. The van der Waals surface area contributed by atoms with Crippen molar-refractivity contribution < 1.29 is 9.59 Å². The Kier molecular flexibility index (Phi) is 9.19. The number of amides is 2. The molecule has 0 bridgehead atoms. The van der Waals surface area contributed by atoms with Crippen molar-refractivity contribution in [1.82, 2.24) is 20.1 Å². The maximum absolute atomic E-state index is 12.7. The third-order valence-corrected chi connectivity index (χ3v) is 6.66. The lowest BCUT2D eigenvalue weighted by molar-refractivity contribution is -0.113. The van der Waals surface area contributed by atoms with Crippen LogP contribution in [0.25, 0.3) is 0 Å². The molecule has 3 rings (SSSR count). The van der Waals surface area contributed by atoms with E-state index >= 15 is 0 Å². The van der Waals surface area contributed by atoms with Crippen molar-refractivity contribution in [3.05, 3.63) is 80.1 Å². The van der Waals surface area contributed by atoms with Gasteiger partial charge in [-0.05, 0) is 72.0 Å². The first-order chi connectivity index (χ1) is 15.8. The summed E-state index contributed by atoms with van der Waals surface area (Å²) >= 11 is 15.5. The van der Waals surface area contributed by atoms with Crippen LogP contribution in [0.4, 0.5) is 5.69 Å². The van der Waals surface area contributed by atoms with Gasteiger partial charge < -0.3 is 15.2 Å². The van der Waals surface area contributed by atoms with Gasteiger partial charge in [0.15, 0.2) is 11.0 Å². The molecule has 33 heavy (non-hydrogen) atoms. The SMILES string of the molecule is C=CCn1c(SCC(=O)Nc2ccc(I)cc2)nnc1[C@@H](C)NC(=O)c1ccc(Cl)cc1Cl. The van der Waals surface area contributed by atoms with Gasteiger partial charge in [-0.15, -0.1) is 16.8 Å². The number of nitrogens with one attached hydrogen (secondary N) is 2. The van der Waals surface area contributed by atoms with Crippen LogP contribution in [0, 0.1) is 3.57 Å². The number of carbonyl (C=O) groups is 2. The molecular formula is C22H20Cl2IN5O2S. The minimum atomic E-state index is -0.466. The van der Waals surface area contributed by atoms with Crippen molar-refractivity contribution in [1.29, 1.82) is 0 Å². The van der Waals surface area contributed by atoms with Gasteiger partial charge in [0.1, 0.15) is 0 Å². The normalized spacial score (nSPS) is 11.6. The van der Waals surface area contributed by atoms with Crippen LogP contribution in [0.15, 0.2) is 60.3 Å². The smallest absolute Gasteiger partial charge is 0.253 e. The molecule has 11 heteroatoms. The molecule has 1 atom stereocenters. The number of carbonyl (C=O) groups excluding carboxylic acids is 2. The molecule has 172 valence electrons. The number of hydrogen-bond acceptors (Lipinski definition) is 5. The number of anilines is 1. The highest BCUT2D eigenvalue weighted by Gasteiger charge is 2.21. The van der Waals surface area contributed by atoms with Crippen molar-refractivity contribution in [2.75, 3.05) is 11.1 Å². The average molecular weight is 616 g/mol. The standard InChI is InChI=1S/C22H20Cl2IN5O2S/c1-3-10-30-20(13(2)26-21(32)17-9-4-14(23)11-18(17)24)28-29-22(30)33-12-19(31)27-16-7-5-15(25)6-8-16/h3-9,11,13H,1,10,12H2,2H3,(H,26,32)(H,27,31)/t13-/m1/s1. The molecular weight excluding hydrogens is 596 g/mol. The van der Waals surface area contributed by atoms with Gasteiger partial charge in [0.2, 0.25) is 5.91 Å². The van der Waals surface area contributed by atoms with E-state index in [1.54, 1.807) is 25.1 Å². The minimum Gasteiger partial charge on any atom is -0.342 e. The highest BCUT2D eigenvalue weighted by Crippen LogP contribution is 2.24. The minimum absolute atomic E-state index is 0.155. The topological polar surface area (TPSA) is 88.9 Å². The van der Waals surface area contributed by atoms with Crippen LogP contribution in [0.3, 0.4) is 0 Å². The molecule has 0 radical (unpaired) electrons. The Balaban J connectivity index is 1.67. The Labute approximate surface area is 219 Å². The molecule has 1 heterocycles. The number of hydrogen-bond donors (Lipinski definition) is 2. The van der Waals surface area contributed by atoms with E-state index in [1.165, 1.54) is 17.8 Å². The summed E-state index contributed by atoms with van der Waals surface area (Å²) in [7, 11) is 0. The monoisotopic (exact) mass is 615 g/mol. The summed E-state index contributed by atoms with van der Waals surface area (Å²) in [4.78, 5) is 25.0. The molecule has 2 aromatic carbocycles. The highest BCUT2D eigenvalue weighted by molar-refractivity contribution is 14.1. The van der Waals surface area contributed by atoms with Crippen LogP contribution < -0.4 is 10.6 Å². The van der Waals surface area contributed by atoms with Gasteiger partial charge in [-0.3, -0.25) is 9.59 Å². The van der Waals surface area contributed by atoms with Gasteiger partial charge >= 0.3 is 0 Å². The predicted molar refractivity (Wildman–Crippen MR) is 141 cm³/mol. The Bertz CT molecular complexity index is 1170. The molecule has 2 amide bonds. The number of nitrogens with zero attached hydrogens (tertiary/aromatic N) is 3. The maximum Gasteiger partial charge on any atom is 0.253 e. The zero-order valence-corrected chi connectivity index (χ0v) is 22.0. The molecule has 1 aromatic heterocycles. The zero-order valence-electron chi connectivity index (χ0n) is 17.5. The summed E-state index contributed by atoms with van der Waals surface area (Å²) in [5.41, 5.74) is 1.04. The van der Waals surface area contributed by atoms with E-state index in [2.05, 4.69) is 50.0 Å². The summed E-state index contributed by atoms with van der Waals surface area (Å²) in [5, 5.41) is 15.4. The van der Waals surface area contributed by atoms with Crippen molar-refractivity contribution >= 4 is 75.1 Å². The molecule has 0 unspecified atom stereocenters. The van der Waals surface area contributed by atoms with Crippen LogP contribution in [0.5, 0.6) is 0 Å². The summed E-state index contributed by atoms with van der Waals surface area (Å²) in [6.45, 7) is 6.00. The summed E-state index contributed by atoms with van der Waals surface area (Å²) < 4.78 is 2.90. The van der Waals surface area contributed by atoms with Gasteiger partial charge in [0.05, 0.1) is 22.4 Å². The van der Waals surface area contributed by atoms with E-state index in [0.29, 0.717) is 28.1 Å². The number of aromatic nitrogens is 3. The van der Waals surface area contributed by atoms with Crippen LogP contribution in [-0.2, 0) is 11.3 Å². The number of allylic oxidation sites excluding steroid dienone is 1. The van der Waals surface area contributed by atoms with E-state index < -0.39 is 6.04 Å². The third-order valence-electron chi connectivity index (χ3n) is 4.43. The fourth-order valence-corrected chi connectivity index (χ4v) is 4.51. The second kappa shape index (κ2) is 11.9. The number of rotatable bonds is 9. The highest BCUT2D eigenvalue weighted by atomic mass is 127. The Hall–Kier alpha value is -2.08. The quantitative estimate of drug-likeness (QED) is 0.186. The van der Waals surface area contributed by atoms with Gasteiger partial charge in [-0.2, -0.15) is 0 Å². The lowest BCUT2D eigenvalue weighted by Crippen LogP contribution is -2.29. The van der Waals surface area contributed by atoms with Crippen LogP contribution in [0.1, 0.15) is 29.1 Å². The first-order valence-corrected chi connectivity index (χ1v) is 12.6. The zero-order chi connectivity index (χ0) is 24.0. The summed E-state index contributed by atoms with van der Waals surface area (Å²) in [6, 6.07) is 11.7. The number of thioether (sulfide) groups is 1. The van der Waals surface area contributed by atoms with E-state index in [4.69, 9.17) is 23.2 Å². The fourth-order valence-electron chi connectivity index (χ4n) is 2.90. The molecule has 7 nitrogen and oxygen atoms in total. The molecule has 0 aliphatic rings. The first kappa shape index (κ1) is 25.5. The molecule has 3 aromatic rings. The van der Waals surface area contributed by atoms with E-state index in [1.807, 2.05) is 28.8 Å². The van der Waals surface area contributed by atoms with Crippen molar-refractivity contribution in [2.45, 2.75) is 24.7 Å². The van der Waals surface area contributed by atoms with E-state index in [0.717, 1.165) is 9.26 Å². The van der Waals surface area contributed by atoms with Crippen LogP contribution in [-0.4, -0.2) is 32.3 Å². The fraction of sp³-hybridized carbons (Fsp3) is 0.182. The van der Waals surface area contributed by atoms with Crippen molar-refractivity contribution in [3.63, 3.8) is 0 Å². The molecule has 0 saturated heterocycles. The summed E-state index contributed by atoms with van der Waals surface area (Å²) in [6.07, 6.45) is 1.70. The van der Waals surface area contributed by atoms with Crippen LogP contribution in [0.2, 0.25) is 10.0 Å². The van der Waals surface area contributed by atoms with E-state index in [9.17, 15) is 9.59 Å². The second-order valence-corrected chi connectivity index (χ2v) is 9.93. The first-order valence-electron chi connectivity index (χ1n) is 9.76. The molecule has 0 aliphatic carbocycles. The molecule has 0 spiro atoms. The molecule has 2 N–H and O–H groups in total. The van der Waals surface area contributed by atoms with Gasteiger partial charge in [0.25, 0.3) is 5.91 Å². The van der Waals surface area contributed by atoms with Crippen molar-refractivity contribution in [2.24, 2.45) is 0 Å². The van der Waals surface area contributed by atoms with E-state index in [-0.39, 0.29) is 22.6 Å². The third kappa shape index (κ3) is 6.95. The second-order valence-electron chi connectivity index (χ2n) is 6.90. The lowest BCUT2D eigenvalue weighted by Gasteiger charge is -2.16. The van der Waals surface area contributed by atoms with Gasteiger partial charge in [-0.25, -0.2) is 0 Å². The number of halogens is 3. The molecule has 0 aliphatic heterocycles. The number of benzene rings is 2. The molecule has 0 fully saturated rings. The maximum atomic E-state index is 12.7. The van der Waals surface area contributed by atoms with Crippen LogP contribution >= 0.6 is 57.6 Å². The van der Waals surface area contributed by atoms with Gasteiger partial charge in [0, 0.05) is 20.8 Å². The Morgan fingerprint density at radius 1 is 1.21 bits per heavy atom. The lowest BCUT2D eigenvalue weighted by atomic mass is 10.2. The predicted octanol–water partition coefficient (Wildman–Crippen LogP) is 5.60. The Morgan fingerprint density at radius 2 is 1.94 bits per heavy atom. The molecule has 0 saturated carbocycles.